The monoisotopic (exact) mass is 385 g/mol. The van der Waals surface area contributed by atoms with Gasteiger partial charge >= 0.3 is 0 Å². The van der Waals surface area contributed by atoms with Crippen molar-refractivity contribution in [1.29, 1.82) is 0 Å². The molecule has 5 nitrogen and oxygen atoms in total. The molecule has 1 N–H and O–H groups in total. The molecule has 0 atom stereocenters. The van der Waals surface area contributed by atoms with Gasteiger partial charge in [-0.15, -0.1) is 0 Å². The maximum absolute atomic E-state index is 12.2. The van der Waals surface area contributed by atoms with E-state index in [1.807, 2.05) is 6.07 Å². The summed E-state index contributed by atoms with van der Waals surface area (Å²) in [4.78, 5) is 24.3. The molecule has 2 aromatic carbocycles. The molecule has 140 valence electrons. The molecule has 6 heteroatoms. The molecule has 1 spiro atoms. The van der Waals surface area contributed by atoms with E-state index >= 15 is 0 Å². The van der Waals surface area contributed by atoms with Crippen molar-refractivity contribution in [3.8, 4) is 11.5 Å². The zero-order valence-corrected chi connectivity index (χ0v) is 15.6. The lowest BCUT2D eigenvalue weighted by Gasteiger charge is -2.21. The Morgan fingerprint density at radius 2 is 1.67 bits per heavy atom. The molecule has 1 fully saturated rings. The van der Waals surface area contributed by atoms with Gasteiger partial charge in [0.15, 0.2) is 17.3 Å². The van der Waals surface area contributed by atoms with Crippen LogP contribution in [0.3, 0.4) is 0 Å². The summed E-state index contributed by atoms with van der Waals surface area (Å²) in [6.07, 6.45) is 4.21. The van der Waals surface area contributed by atoms with Crippen molar-refractivity contribution in [2.45, 2.75) is 44.3 Å². The van der Waals surface area contributed by atoms with Crippen molar-refractivity contribution in [3.63, 3.8) is 0 Å². The van der Waals surface area contributed by atoms with Crippen molar-refractivity contribution < 1.29 is 19.1 Å². The second-order valence-corrected chi connectivity index (χ2v) is 7.40. The van der Waals surface area contributed by atoms with Crippen molar-refractivity contribution in [2.75, 3.05) is 5.32 Å². The number of amides is 1. The third-order valence-corrected chi connectivity index (χ3v) is 5.18. The standard InChI is InChI=1S/C21H20ClNO4/c22-15-5-3-14(4-6-15)17(24)8-10-20(25)23-16-7-9-18-19(13-16)27-21(26-18)11-1-2-12-21/h3-7,9,13H,1-2,8,10-12H2,(H,23,25). The van der Waals surface area contributed by atoms with E-state index in [1.54, 1.807) is 36.4 Å². The molecule has 2 aromatic rings. The third-order valence-electron chi connectivity index (χ3n) is 4.93. The molecule has 1 heterocycles. The number of halogens is 1. The largest absolute Gasteiger partial charge is 0.448 e. The van der Waals surface area contributed by atoms with E-state index in [1.165, 1.54) is 0 Å². The predicted octanol–water partition coefficient (Wildman–Crippen LogP) is 4.98. The summed E-state index contributed by atoms with van der Waals surface area (Å²) in [6, 6.07) is 12.0. The molecular weight excluding hydrogens is 366 g/mol. The molecule has 2 aliphatic rings. The fourth-order valence-corrected chi connectivity index (χ4v) is 3.65. The van der Waals surface area contributed by atoms with Gasteiger partial charge in [-0.1, -0.05) is 11.6 Å². The number of ketones is 1. The van der Waals surface area contributed by atoms with Crippen molar-refractivity contribution >= 4 is 29.0 Å². The molecule has 1 saturated carbocycles. The lowest BCUT2D eigenvalue weighted by atomic mass is 10.1. The van der Waals surface area contributed by atoms with E-state index in [9.17, 15) is 9.59 Å². The Labute approximate surface area is 162 Å². The lowest BCUT2D eigenvalue weighted by Crippen LogP contribution is -2.34. The van der Waals surface area contributed by atoms with Crippen LogP contribution in [-0.4, -0.2) is 17.5 Å². The van der Waals surface area contributed by atoms with E-state index in [-0.39, 0.29) is 24.5 Å². The molecule has 0 radical (unpaired) electrons. The first-order valence-electron chi connectivity index (χ1n) is 9.14. The van der Waals surface area contributed by atoms with Gasteiger partial charge in [0.25, 0.3) is 5.79 Å². The first-order valence-corrected chi connectivity index (χ1v) is 9.52. The number of carbonyl (C=O) groups excluding carboxylic acids is 2. The van der Waals surface area contributed by atoms with Crippen LogP contribution in [0.15, 0.2) is 42.5 Å². The molecular formula is C21H20ClNO4. The molecule has 1 aliphatic heterocycles. The first-order chi connectivity index (χ1) is 13.0. The minimum atomic E-state index is -0.518. The number of hydrogen-bond donors (Lipinski definition) is 1. The van der Waals surface area contributed by atoms with Gasteiger partial charge in [-0.3, -0.25) is 9.59 Å². The highest BCUT2D eigenvalue weighted by atomic mass is 35.5. The van der Waals surface area contributed by atoms with Gasteiger partial charge in [-0.2, -0.15) is 0 Å². The van der Waals surface area contributed by atoms with Crippen LogP contribution in [0.25, 0.3) is 0 Å². The number of ether oxygens (including phenoxy) is 2. The molecule has 27 heavy (non-hydrogen) atoms. The highest BCUT2D eigenvalue weighted by Crippen LogP contribution is 2.47. The number of benzene rings is 2. The normalized spacial score (nSPS) is 16.5. The van der Waals surface area contributed by atoms with Crippen LogP contribution in [-0.2, 0) is 4.79 Å². The number of Topliss-reactive ketones (excluding diaryl/α,β-unsaturated/α-hetero) is 1. The zero-order valence-electron chi connectivity index (χ0n) is 14.8. The number of anilines is 1. The van der Waals surface area contributed by atoms with Gasteiger partial charge in [-0.05, 0) is 49.2 Å². The van der Waals surface area contributed by atoms with E-state index in [0.29, 0.717) is 27.8 Å². The average Bonchev–Trinajstić information content (AvgIpc) is 3.26. The Morgan fingerprint density at radius 1 is 0.963 bits per heavy atom. The maximum atomic E-state index is 12.2. The number of carbonyl (C=O) groups is 2. The molecule has 0 unspecified atom stereocenters. The van der Waals surface area contributed by atoms with E-state index in [2.05, 4.69) is 5.32 Å². The van der Waals surface area contributed by atoms with Gasteiger partial charge in [0.1, 0.15) is 0 Å². The van der Waals surface area contributed by atoms with Gasteiger partial charge in [0.05, 0.1) is 0 Å². The highest BCUT2D eigenvalue weighted by Gasteiger charge is 2.44. The van der Waals surface area contributed by atoms with Gasteiger partial charge in [0.2, 0.25) is 5.91 Å². The topological polar surface area (TPSA) is 64.6 Å². The van der Waals surface area contributed by atoms with E-state index in [0.717, 1.165) is 25.7 Å². The van der Waals surface area contributed by atoms with E-state index < -0.39 is 5.79 Å². The summed E-state index contributed by atoms with van der Waals surface area (Å²) < 4.78 is 12.0. The summed E-state index contributed by atoms with van der Waals surface area (Å²) >= 11 is 5.82. The molecule has 0 bridgehead atoms. The zero-order chi connectivity index (χ0) is 18.9. The Kier molecular flexibility index (Phi) is 4.79. The highest BCUT2D eigenvalue weighted by molar-refractivity contribution is 6.30. The molecule has 1 amide bonds. The van der Waals surface area contributed by atoms with Crippen LogP contribution in [0, 0.1) is 0 Å². The molecule has 0 saturated heterocycles. The smallest absolute Gasteiger partial charge is 0.251 e. The summed E-state index contributed by atoms with van der Waals surface area (Å²) in [6.45, 7) is 0. The number of rotatable bonds is 5. The van der Waals surface area contributed by atoms with E-state index in [4.69, 9.17) is 21.1 Å². The van der Waals surface area contributed by atoms with Crippen molar-refractivity contribution in [2.24, 2.45) is 0 Å². The molecule has 0 aromatic heterocycles. The van der Waals surface area contributed by atoms with Gasteiger partial charge in [0, 0.05) is 48.0 Å². The van der Waals surface area contributed by atoms with Crippen LogP contribution in [0.2, 0.25) is 5.02 Å². The van der Waals surface area contributed by atoms with Gasteiger partial charge < -0.3 is 14.8 Å². The minimum Gasteiger partial charge on any atom is -0.448 e. The molecule has 1 aliphatic carbocycles. The Balaban J connectivity index is 1.33. The van der Waals surface area contributed by atoms with Crippen molar-refractivity contribution in [3.05, 3.63) is 53.1 Å². The number of nitrogens with one attached hydrogen (secondary N) is 1. The van der Waals surface area contributed by atoms with Crippen LogP contribution in [0.5, 0.6) is 11.5 Å². The summed E-state index contributed by atoms with van der Waals surface area (Å²) in [5.74, 6) is 0.554. The predicted molar refractivity (Wildman–Crippen MR) is 103 cm³/mol. The van der Waals surface area contributed by atoms with Crippen molar-refractivity contribution in [1.82, 2.24) is 0 Å². The maximum Gasteiger partial charge on any atom is 0.251 e. The Hall–Kier alpha value is -2.53. The summed E-state index contributed by atoms with van der Waals surface area (Å²) in [5, 5.41) is 3.39. The number of hydrogen-bond acceptors (Lipinski definition) is 4. The van der Waals surface area contributed by atoms with Crippen LogP contribution in [0.4, 0.5) is 5.69 Å². The van der Waals surface area contributed by atoms with Crippen LogP contribution >= 0.6 is 11.6 Å². The second-order valence-electron chi connectivity index (χ2n) is 6.96. The SMILES string of the molecule is O=C(CCC(=O)c1ccc(Cl)cc1)Nc1ccc2c(c1)OC1(CCCC1)O2. The fourth-order valence-electron chi connectivity index (χ4n) is 3.52. The van der Waals surface area contributed by atoms with Gasteiger partial charge in [-0.25, -0.2) is 0 Å². The van der Waals surface area contributed by atoms with Crippen LogP contribution in [0.1, 0.15) is 48.9 Å². The quantitative estimate of drug-likeness (QED) is 0.737. The lowest BCUT2D eigenvalue weighted by molar-refractivity contribution is -0.116. The molecule has 4 rings (SSSR count). The third kappa shape index (κ3) is 3.93. The summed E-state index contributed by atoms with van der Waals surface area (Å²) in [7, 11) is 0. The minimum absolute atomic E-state index is 0.0873. The fraction of sp³-hybridized carbons (Fsp3) is 0.333. The number of fused-ring (bicyclic) bond motifs is 1. The summed E-state index contributed by atoms with van der Waals surface area (Å²) in [5.41, 5.74) is 1.19. The Morgan fingerprint density at radius 3 is 2.41 bits per heavy atom. The average molecular weight is 386 g/mol. The first kappa shape index (κ1) is 17.9. The Bertz CT molecular complexity index is 872. The second kappa shape index (κ2) is 7.24. The van der Waals surface area contributed by atoms with Crippen LogP contribution < -0.4 is 14.8 Å².